The molecule has 0 aliphatic carbocycles. The third kappa shape index (κ3) is 4.55. The molecule has 0 fully saturated rings. The van der Waals surface area contributed by atoms with Crippen LogP contribution in [0.1, 0.15) is 23.0 Å². The number of aromatic amines is 1. The van der Waals surface area contributed by atoms with Gasteiger partial charge in [0.05, 0.1) is 32.7 Å². The molecular weight excluding hydrogens is 372 g/mol. The second-order valence-electron chi connectivity index (χ2n) is 6.10. The zero-order chi connectivity index (χ0) is 20.8. The molecule has 0 bridgehead atoms. The molecule has 1 amide bonds. The molecule has 3 rings (SSSR count). The van der Waals surface area contributed by atoms with Gasteiger partial charge in [-0.15, -0.1) is 0 Å². The average Bonchev–Trinajstić information content (AvgIpc) is 3.27. The van der Waals surface area contributed by atoms with Crippen LogP contribution in [0.5, 0.6) is 17.2 Å². The molecule has 0 radical (unpaired) electrons. The van der Waals surface area contributed by atoms with E-state index in [9.17, 15) is 4.79 Å². The summed E-state index contributed by atoms with van der Waals surface area (Å²) in [5, 5.41) is 11.1. The van der Waals surface area contributed by atoms with E-state index >= 15 is 0 Å². The van der Waals surface area contributed by atoms with Crippen LogP contribution in [-0.4, -0.2) is 43.1 Å². The number of benzene rings is 2. The number of rotatable bonds is 7. The van der Waals surface area contributed by atoms with Crippen molar-refractivity contribution in [3.63, 3.8) is 0 Å². The summed E-state index contributed by atoms with van der Waals surface area (Å²) in [7, 11) is 4.74. The van der Waals surface area contributed by atoms with Gasteiger partial charge in [-0.25, -0.2) is 5.43 Å². The first kappa shape index (κ1) is 19.9. The van der Waals surface area contributed by atoms with Crippen molar-refractivity contribution in [2.24, 2.45) is 5.10 Å². The summed E-state index contributed by atoms with van der Waals surface area (Å²) >= 11 is 0. The number of aromatic nitrogens is 2. The Morgan fingerprint density at radius 2 is 1.69 bits per heavy atom. The summed E-state index contributed by atoms with van der Waals surface area (Å²) in [6, 6.07) is 14.5. The molecule has 0 spiro atoms. The van der Waals surface area contributed by atoms with Crippen molar-refractivity contribution in [3.05, 3.63) is 59.8 Å². The Labute approximate surface area is 168 Å². The van der Waals surface area contributed by atoms with Crippen LogP contribution in [0.4, 0.5) is 0 Å². The van der Waals surface area contributed by atoms with Gasteiger partial charge in [0.15, 0.2) is 11.5 Å². The number of methoxy groups -OCH3 is 3. The SMILES string of the molecule is COc1ccc(-c2cc(C(=O)N/N=C(\C)c3ccc(OC)c(OC)c3)[nH]n2)cc1. The lowest BCUT2D eigenvalue weighted by molar-refractivity contribution is 0.0950. The van der Waals surface area contributed by atoms with Crippen LogP contribution in [0.3, 0.4) is 0 Å². The van der Waals surface area contributed by atoms with Gasteiger partial charge in [-0.05, 0) is 55.5 Å². The lowest BCUT2D eigenvalue weighted by Gasteiger charge is -2.09. The van der Waals surface area contributed by atoms with Crippen molar-refractivity contribution >= 4 is 11.6 Å². The zero-order valence-electron chi connectivity index (χ0n) is 16.6. The van der Waals surface area contributed by atoms with Gasteiger partial charge in [-0.3, -0.25) is 9.89 Å². The minimum atomic E-state index is -0.392. The minimum absolute atomic E-state index is 0.305. The summed E-state index contributed by atoms with van der Waals surface area (Å²) in [5.41, 5.74) is 5.77. The molecule has 0 atom stereocenters. The molecule has 1 aromatic heterocycles. The average molecular weight is 394 g/mol. The van der Waals surface area contributed by atoms with Crippen LogP contribution < -0.4 is 19.6 Å². The van der Waals surface area contributed by atoms with Gasteiger partial charge in [0.2, 0.25) is 0 Å². The van der Waals surface area contributed by atoms with E-state index in [2.05, 4.69) is 20.7 Å². The van der Waals surface area contributed by atoms with E-state index in [1.807, 2.05) is 30.3 Å². The number of amides is 1. The molecule has 3 aromatic rings. The molecule has 0 saturated heterocycles. The Hall–Kier alpha value is -3.81. The predicted molar refractivity (Wildman–Crippen MR) is 110 cm³/mol. The number of nitrogens with zero attached hydrogens (tertiary/aromatic N) is 2. The molecule has 29 heavy (non-hydrogen) atoms. The number of hydrazone groups is 1. The molecule has 2 aromatic carbocycles. The Balaban J connectivity index is 1.71. The molecule has 2 N–H and O–H groups in total. The monoisotopic (exact) mass is 394 g/mol. The highest BCUT2D eigenvalue weighted by molar-refractivity contribution is 6.01. The van der Waals surface area contributed by atoms with Crippen LogP contribution >= 0.6 is 0 Å². The number of ether oxygens (including phenoxy) is 3. The molecule has 0 aliphatic heterocycles. The minimum Gasteiger partial charge on any atom is -0.497 e. The van der Waals surface area contributed by atoms with Crippen molar-refractivity contribution in [1.82, 2.24) is 15.6 Å². The number of hydrogen-bond acceptors (Lipinski definition) is 6. The molecule has 150 valence electrons. The van der Waals surface area contributed by atoms with E-state index in [-0.39, 0.29) is 0 Å². The highest BCUT2D eigenvalue weighted by Gasteiger charge is 2.12. The largest absolute Gasteiger partial charge is 0.497 e. The van der Waals surface area contributed by atoms with E-state index < -0.39 is 5.91 Å². The third-order valence-electron chi connectivity index (χ3n) is 4.33. The standard InChI is InChI=1S/C21H22N4O4/c1-13(15-7-10-19(28-3)20(11-15)29-4)22-25-21(26)18-12-17(23-24-18)14-5-8-16(27-2)9-6-14/h5-12H,1-4H3,(H,23,24)(H,25,26)/b22-13+. The van der Waals surface area contributed by atoms with Crippen molar-refractivity contribution in [2.75, 3.05) is 21.3 Å². The highest BCUT2D eigenvalue weighted by atomic mass is 16.5. The second kappa shape index (κ2) is 8.92. The maximum atomic E-state index is 12.4. The topological polar surface area (TPSA) is 97.8 Å². The first-order valence-corrected chi connectivity index (χ1v) is 8.82. The molecule has 0 unspecified atom stereocenters. The molecular formula is C21H22N4O4. The van der Waals surface area contributed by atoms with Gasteiger partial charge >= 0.3 is 0 Å². The normalized spacial score (nSPS) is 11.1. The van der Waals surface area contributed by atoms with Gasteiger partial charge in [-0.1, -0.05) is 0 Å². The smallest absolute Gasteiger partial charge is 0.289 e. The summed E-state index contributed by atoms with van der Waals surface area (Å²) in [6.45, 7) is 1.79. The highest BCUT2D eigenvalue weighted by Crippen LogP contribution is 2.27. The number of carbonyl (C=O) groups excluding carboxylic acids is 1. The molecule has 0 saturated carbocycles. The Bertz CT molecular complexity index is 1030. The van der Waals surface area contributed by atoms with Gasteiger partial charge in [0.25, 0.3) is 5.91 Å². The van der Waals surface area contributed by atoms with Gasteiger partial charge < -0.3 is 14.2 Å². The Morgan fingerprint density at radius 1 is 0.966 bits per heavy atom. The van der Waals surface area contributed by atoms with E-state index in [1.165, 1.54) is 0 Å². The number of nitrogens with one attached hydrogen (secondary N) is 2. The van der Waals surface area contributed by atoms with Crippen LogP contribution in [0.15, 0.2) is 53.6 Å². The summed E-state index contributed by atoms with van der Waals surface area (Å²) in [4.78, 5) is 12.4. The number of carbonyl (C=O) groups is 1. The molecule has 0 aliphatic rings. The fraction of sp³-hybridized carbons (Fsp3) is 0.190. The van der Waals surface area contributed by atoms with E-state index in [0.717, 1.165) is 16.9 Å². The fourth-order valence-electron chi connectivity index (χ4n) is 2.67. The molecule has 8 nitrogen and oxygen atoms in total. The number of hydrogen-bond donors (Lipinski definition) is 2. The number of H-pyrrole nitrogens is 1. The van der Waals surface area contributed by atoms with Gasteiger partial charge in [0, 0.05) is 11.1 Å². The quantitative estimate of drug-likeness (QED) is 0.473. The second-order valence-corrected chi connectivity index (χ2v) is 6.10. The zero-order valence-corrected chi connectivity index (χ0v) is 16.6. The van der Waals surface area contributed by atoms with Crippen LogP contribution in [0.2, 0.25) is 0 Å². The summed E-state index contributed by atoms with van der Waals surface area (Å²) < 4.78 is 15.7. The van der Waals surface area contributed by atoms with E-state index in [1.54, 1.807) is 46.5 Å². The first-order chi connectivity index (χ1) is 14.0. The summed E-state index contributed by atoms with van der Waals surface area (Å²) in [6.07, 6.45) is 0. The van der Waals surface area contributed by atoms with Crippen LogP contribution in [0.25, 0.3) is 11.3 Å². The van der Waals surface area contributed by atoms with Crippen molar-refractivity contribution < 1.29 is 19.0 Å². The van der Waals surface area contributed by atoms with Crippen molar-refractivity contribution in [2.45, 2.75) is 6.92 Å². The van der Waals surface area contributed by atoms with Crippen LogP contribution in [-0.2, 0) is 0 Å². The predicted octanol–water partition coefficient (Wildman–Crippen LogP) is 3.26. The Kier molecular flexibility index (Phi) is 6.13. The lowest BCUT2D eigenvalue weighted by atomic mass is 10.1. The van der Waals surface area contributed by atoms with Crippen molar-refractivity contribution in [3.8, 4) is 28.5 Å². The lowest BCUT2D eigenvalue weighted by Crippen LogP contribution is -2.19. The Morgan fingerprint density at radius 3 is 2.34 bits per heavy atom. The molecule has 8 heteroatoms. The first-order valence-electron chi connectivity index (χ1n) is 8.82. The third-order valence-corrected chi connectivity index (χ3v) is 4.33. The maximum absolute atomic E-state index is 12.4. The molecule has 1 heterocycles. The van der Waals surface area contributed by atoms with Gasteiger partial charge in [-0.2, -0.15) is 10.2 Å². The van der Waals surface area contributed by atoms with E-state index in [4.69, 9.17) is 14.2 Å². The van der Waals surface area contributed by atoms with Gasteiger partial charge in [0.1, 0.15) is 11.4 Å². The van der Waals surface area contributed by atoms with E-state index in [0.29, 0.717) is 28.6 Å². The maximum Gasteiger partial charge on any atom is 0.289 e. The summed E-state index contributed by atoms with van der Waals surface area (Å²) in [5.74, 6) is 1.57. The fourth-order valence-corrected chi connectivity index (χ4v) is 2.67. The van der Waals surface area contributed by atoms with Crippen LogP contribution in [0, 0.1) is 0 Å². The van der Waals surface area contributed by atoms with Crippen molar-refractivity contribution in [1.29, 1.82) is 0 Å².